The Labute approximate surface area is 126 Å². The van der Waals surface area contributed by atoms with Gasteiger partial charge < -0.3 is 16.4 Å². The van der Waals surface area contributed by atoms with E-state index in [4.69, 9.17) is 28.9 Å². The molecule has 1 aliphatic rings. The van der Waals surface area contributed by atoms with Gasteiger partial charge in [-0.05, 0) is 37.5 Å². The molecule has 4 N–H and O–H groups in total. The largest absolute Gasteiger partial charge is 0.370 e. The van der Waals surface area contributed by atoms with E-state index in [1.54, 1.807) is 18.2 Å². The fourth-order valence-corrected chi connectivity index (χ4v) is 2.61. The molecule has 0 bridgehead atoms. The molecule has 1 fully saturated rings. The fourth-order valence-electron chi connectivity index (χ4n) is 2.27. The van der Waals surface area contributed by atoms with Gasteiger partial charge in [-0.25, -0.2) is 4.79 Å². The van der Waals surface area contributed by atoms with Crippen LogP contribution < -0.4 is 16.4 Å². The molecule has 0 unspecified atom stereocenters. The van der Waals surface area contributed by atoms with Crippen LogP contribution in [0.3, 0.4) is 0 Å². The number of nitrogens with two attached hydrogens (primary N) is 1. The molecule has 7 heteroatoms. The molecule has 1 aliphatic carbocycles. The summed E-state index contributed by atoms with van der Waals surface area (Å²) in [5, 5.41) is 6.30. The standard InChI is InChI=1S/C13H15Cl2N3O2/c14-8-2-3-9(15)10(6-8)17-12(20)18-13(4-1-5-13)7-11(16)19/h2-3,6H,1,4-5,7H2,(H2,16,19)(H2,17,18,20). The first-order chi connectivity index (χ1) is 9.40. The first-order valence-corrected chi connectivity index (χ1v) is 6.98. The topological polar surface area (TPSA) is 84.2 Å². The van der Waals surface area contributed by atoms with Crippen molar-refractivity contribution in [1.29, 1.82) is 0 Å². The number of rotatable bonds is 4. The van der Waals surface area contributed by atoms with E-state index >= 15 is 0 Å². The van der Waals surface area contributed by atoms with Gasteiger partial charge in [0.15, 0.2) is 0 Å². The van der Waals surface area contributed by atoms with E-state index < -0.39 is 17.5 Å². The highest BCUT2D eigenvalue weighted by molar-refractivity contribution is 6.35. The van der Waals surface area contributed by atoms with Crippen LogP contribution in [0.15, 0.2) is 18.2 Å². The molecule has 108 valence electrons. The highest BCUT2D eigenvalue weighted by Gasteiger charge is 2.39. The minimum atomic E-state index is -0.527. The number of hydrogen-bond donors (Lipinski definition) is 3. The highest BCUT2D eigenvalue weighted by Crippen LogP contribution is 2.35. The number of primary amides is 1. The number of halogens is 2. The second kappa shape index (κ2) is 5.89. The molecular formula is C13H15Cl2N3O2. The van der Waals surface area contributed by atoms with Crippen molar-refractivity contribution in [2.75, 3.05) is 5.32 Å². The van der Waals surface area contributed by atoms with E-state index in [0.717, 1.165) is 19.3 Å². The molecule has 2 rings (SSSR count). The van der Waals surface area contributed by atoms with Gasteiger partial charge in [-0.1, -0.05) is 23.2 Å². The third kappa shape index (κ3) is 3.55. The smallest absolute Gasteiger partial charge is 0.319 e. The summed E-state index contributed by atoms with van der Waals surface area (Å²) < 4.78 is 0. The lowest BCUT2D eigenvalue weighted by atomic mass is 9.74. The maximum atomic E-state index is 12.0. The van der Waals surface area contributed by atoms with E-state index in [1.165, 1.54) is 0 Å². The monoisotopic (exact) mass is 315 g/mol. The molecule has 1 aromatic rings. The van der Waals surface area contributed by atoms with Gasteiger partial charge in [0, 0.05) is 11.4 Å². The lowest BCUT2D eigenvalue weighted by Crippen LogP contribution is -2.56. The number of urea groups is 1. The van der Waals surface area contributed by atoms with Gasteiger partial charge in [-0.3, -0.25) is 4.79 Å². The number of nitrogens with one attached hydrogen (secondary N) is 2. The Kier molecular flexibility index (Phi) is 4.40. The molecule has 0 aliphatic heterocycles. The number of carbonyl (C=O) groups is 2. The zero-order valence-electron chi connectivity index (χ0n) is 10.7. The SMILES string of the molecule is NC(=O)CC1(NC(=O)Nc2cc(Cl)ccc2Cl)CCC1. The van der Waals surface area contributed by atoms with Crippen LogP contribution in [0.4, 0.5) is 10.5 Å². The first kappa shape index (κ1) is 14.9. The number of benzene rings is 1. The van der Waals surface area contributed by atoms with Crippen LogP contribution >= 0.6 is 23.2 Å². The Balaban J connectivity index is 2.01. The average Bonchev–Trinajstić information content (AvgIpc) is 2.30. The molecule has 0 saturated heterocycles. The molecule has 0 radical (unpaired) electrons. The van der Waals surface area contributed by atoms with E-state index in [-0.39, 0.29) is 6.42 Å². The molecule has 3 amide bonds. The Bertz CT molecular complexity index is 544. The van der Waals surface area contributed by atoms with E-state index in [1.807, 2.05) is 0 Å². The normalized spacial score (nSPS) is 16.1. The number of anilines is 1. The van der Waals surface area contributed by atoms with Gasteiger partial charge in [0.05, 0.1) is 16.2 Å². The van der Waals surface area contributed by atoms with Crippen LogP contribution in [0, 0.1) is 0 Å². The molecule has 0 spiro atoms. The number of hydrogen-bond acceptors (Lipinski definition) is 2. The molecular weight excluding hydrogens is 301 g/mol. The maximum Gasteiger partial charge on any atom is 0.319 e. The predicted molar refractivity (Wildman–Crippen MR) is 79.0 cm³/mol. The Morgan fingerprint density at radius 1 is 1.30 bits per heavy atom. The van der Waals surface area contributed by atoms with Gasteiger partial charge in [-0.15, -0.1) is 0 Å². The third-order valence-corrected chi connectivity index (χ3v) is 3.94. The van der Waals surface area contributed by atoms with Crippen LogP contribution in [-0.4, -0.2) is 17.5 Å². The zero-order chi connectivity index (χ0) is 14.8. The van der Waals surface area contributed by atoms with E-state index in [2.05, 4.69) is 10.6 Å². The molecule has 0 aromatic heterocycles. The van der Waals surface area contributed by atoms with E-state index in [0.29, 0.717) is 15.7 Å². The van der Waals surface area contributed by atoms with Crippen molar-refractivity contribution in [3.8, 4) is 0 Å². The summed E-state index contributed by atoms with van der Waals surface area (Å²) in [7, 11) is 0. The summed E-state index contributed by atoms with van der Waals surface area (Å²) >= 11 is 11.8. The van der Waals surface area contributed by atoms with Gasteiger partial charge in [0.2, 0.25) is 5.91 Å². The minimum Gasteiger partial charge on any atom is -0.370 e. The van der Waals surface area contributed by atoms with Crippen molar-refractivity contribution in [2.45, 2.75) is 31.2 Å². The van der Waals surface area contributed by atoms with Crippen molar-refractivity contribution in [3.63, 3.8) is 0 Å². The second-order valence-electron chi connectivity index (χ2n) is 4.98. The lowest BCUT2D eigenvalue weighted by molar-refractivity contribution is -0.120. The fraction of sp³-hybridized carbons (Fsp3) is 0.385. The van der Waals surface area contributed by atoms with Crippen molar-refractivity contribution in [3.05, 3.63) is 28.2 Å². The highest BCUT2D eigenvalue weighted by atomic mass is 35.5. The maximum absolute atomic E-state index is 12.0. The van der Waals surface area contributed by atoms with Crippen molar-refractivity contribution in [1.82, 2.24) is 5.32 Å². The quantitative estimate of drug-likeness (QED) is 0.798. The number of carbonyl (C=O) groups excluding carboxylic acids is 2. The van der Waals surface area contributed by atoms with Crippen LogP contribution in [0.5, 0.6) is 0 Å². The molecule has 0 atom stereocenters. The van der Waals surface area contributed by atoms with Crippen molar-refractivity contribution in [2.24, 2.45) is 5.73 Å². The molecule has 1 saturated carbocycles. The average molecular weight is 316 g/mol. The van der Waals surface area contributed by atoms with Crippen LogP contribution in [0.1, 0.15) is 25.7 Å². The minimum absolute atomic E-state index is 0.143. The summed E-state index contributed by atoms with van der Waals surface area (Å²) in [6, 6.07) is 4.37. The molecule has 0 heterocycles. The molecule has 5 nitrogen and oxygen atoms in total. The summed E-state index contributed by atoms with van der Waals surface area (Å²) in [5.41, 5.74) is 5.11. The first-order valence-electron chi connectivity index (χ1n) is 6.23. The van der Waals surface area contributed by atoms with E-state index in [9.17, 15) is 9.59 Å². The van der Waals surface area contributed by atoms with Gasteiger partial charge in [0.25, 0.3) is 0 Å². The molecule has 20 heavy (non-hydrogen) atoms. The summed E-state index contributed by atoms with van der Waals surface area (Å²) in [5.74, 6) is -0.425. The summed E-state index contributed by atoms with van der Waals surface area (Å²) in [6.07, 6.45) is 2.59. The van der Waals surface area contributed by atoms with Gasteiger partial charge >= 0.3 is 6.03 Å². The molecule has 1 aromatic carbocycles. The zero-order valence-corrected chi connectivity index (χ0v) is 12.2. The summed E-state index contributed by atoms with van der Waals surface area (Å²) in [4.78, 5) is 23.0. The van der Waals surface area contributed by atoms with Crippen LogP contribution in [-0.2, 0) is 4.79 Å². The Hall–Kier alpha value is -1.46. The number of amides is 3. The summed E-state index contributed by atoms with van der Waals surface area (Å²) in [6.45, 7) is 0. The van der Waals surface area contributed by atoms with Crippen molar-refractivity contribution >= 4 is 40.8 Å². The van der Waals surface area contributed by atoms with Gasteiger partial charge in [-0.2, -0.15) is 0 Å². The van der Waals surface area contributed by atoms with Crippen molar-refractivity contribution < 1.29 is 9.59 Å². The Morgan fingerprint density at radius 2 is 2.00 bits per heavy atom. The third-order valence-electron chi connectivity index (χ3n) is 3.38. The van der Waals surface area contributed by atoms with Gasteiger partial charge in [0.1, 0.15) is 0 Å². The lowest BCUT2D eigenvalue weighted by Gasteiger charge is -2.41. The predicted octanol–water partition coefficient (Wildman–Crippen LogP) is 2.91. The van der Waals surface area contributed by atoms with Crippen LogP contribution in [0.2, 0.25) is 10.0 Å². The Morgan fingerprint density at radius 3 is 2.55 bits per heavy atom. The van der Waals surface area contributed by atoms with Crippen LogP contribution in [0.25, 0.3) is 0 Å². The second-order valence-corrected chi connectivity index (χ2v) is 5.82.